The summed E-state index contributed by atoms with van der Waals surface area (Å²) in [4.78, 5) is 7.23. The molecule has 0 saturated carbocycles. The SMILES string of the molecule is CNCc1nc(-c2cccc(F)c2)c(Cl)[nH]1. The van der Waals surface area contributed by atoms with Crippen molar-refractivity contribution in [3.63, 3.8) is 0 Å². The van der Waals surface area contributed by atoms with E-state index in [4.69, 9.17) is 11.6 Å². The lowest BCUT2D eigenvalue weighted by atomic mass is 10.2. The molecule has 0 fully saturated rings. The van der Waals surface area contributed by atoms with Crippen LogP contribution in [0.3, 0.4) is 0 Å². The summed E-state index contributed by atoms with van der Waals surface area (Å²) >= 11 is 6.00. The minimum absolute atomic E-state index is 0.299. The normalized spacial score (nSPS) is 10.7. The molecular formula is C11H11ClFN3. The maximum atomic E-state index is 13.0. The third-order valence-electron chi connectivity index (χ3n) is 2.15. The first-order valence-corrected chi connectivity index (χ1v) is 5.23. The summed E-state index contributed by atoms with van der Waals surface area (Å²) in [5.41, 5.74) is 1.25. The van der Waals surface area contributed by atoms with E-state index in [-0.39, 0.29) is 5.82 Å². The van der Waals surface area contributed by atoms with Crippen molar-refractivity contribution in [2.24, 2.45) is 0 Å². The number of H-pyrrole nitrogens is 1. The molecule has 2 rings (SSSR count). The second-order valence-electron chi connectivity index (χ2n) is 3.39. The smallest absolute Gasteiger partial charge is 0.134 e. The molecule has 1 aromatic carbocycles. The van der Waals surface area contributed by atoms with E-state index in [1.165, 1.54) is 12.1 Å². The second-order valence-corrected chi connectivity index (χ2v) is 3.76. The number of rotatable bonds is 3. The Balaban J connectivity index is 2.40. The number of aromatic nitrogens is 2. The molecule has 0 aliphatic rings. The van der Waals surface area contributed by atoms with E-state index < -0.39 is 0 Å². The first-order valence-electron chi connectivity index (χ1n) is 4.85. The van der Waals surface area contributed by atoms with Gasteiger partial charge < -0.3 is 10.3 Å². The molecule has 0 aliphatic heterocycles. The van der Waals surface area contributed by atoms with Crippen molar-refractivity contribution in [2.75, 3.05) is 7.05 Å². The van der Waals surface area contributed by atoms with Crippen molar-refractivity contribution in [3.8, 4) is 11.3 Å². The van der Waals surface area contributed by atoms with Crippen LogP contribution in [-0.4, -0.2) is 17.0 Å². The summed E-state index contributed by atoms with van der Waals surface area (Å²) in [5.74, 6) is 0.429. The largest absolute Gasteiger partial charge is 0.331 e. The van der Waals surface area contributed by atoms with Crippen molar-refractivity contribution in [2.45, 2.75) is 6.54 Å². The Morgan fingerprint density at radius 1 is 1.50 bits per heavy atom. The monoisotopic (exact) mass is 239 g/mol. The van der Waals surface area contributed by atoms with Gasteiger partial charge in [0.05, 0.1) is 6.54 Å². The van der Waals surface area contributed by atoms with Crippen molar-refractivity contribution < 1.29 is 4.39 Å². The Bertz CT molecular complexity index is 496. The molecule has 5 heteroatoms. The van der Waals surface area contributed by atoms with Gasteiger partial charge in [-0.1, -0.05) is 23.7 Å². The van der Waals surface area contributed by atoms with E-state index in [1.807, 2.05) is 7.05 Å². The van der Waals surface area contributed by atoms with Gasteiger partial charge in [-0.3, -0.25) is 0 Å². The van der Waals surface area contributed by atoms with Crippen molar-refractivity contribution in [1.29, 1.82) is 0 Å². The Kier molecular flexibility index (Phi) is 3.22. The maximum absolute atomic E-state index is 13.0. The van der Waals surface area contributed by atoms with Gasteiger partial charge in [0.15, 0.2) is 0 Å². The number of nitrogens with one attached hydrogen (secondary N) is 2. The van der Waals surface area contributed by atoms with Crippen LogP contribution in [0.4, 0.5) is 4.39 Å². The van der Waals surface area contributed by atoms with Crippen LogP contribution in [0.1, 0.15) is 5.82 Å². The Labute approximate surface area is 97.7 Å². The number of aromatic amines is 1. The highest BCUT2D eigenvalue weighted by Crippen LogP contribution is 2.25. The van der Waals surface area contributed by atoms with Gasteiger partial charge in [0.25, 0.3) is 0 Å². The second kappa shape index (κ2) is 4.63. The van der Waals surface area contributed by atoms with Gasteiger partial charge in [-0.25, -0.2) is 9.37 Å². The zero-order chi connectivity index (χ0) is 11.5. The lowest BCUT2D eigenvalue weighted by molar-refractivity contribution is 0.628. The van der Waals surface area contributed by atoms with Gasteiger partial charge in [0.1, 0.15) is 22.5 Å². The number of imidazole rings is 1. The average Bonchev–Trinajstić information content (AvgIpc) is 2.60. The highest BCUT2D eigenvalue weighted by atomic mass is 35.5. The van der Waals surface area contributed by atoms with Crippen LogP contribution in [-0.2, 0) is 6.54 Å². The molecule has 2 aromatic rings. The molecule has 0 atom stereocenters. The highest BCUT2D eigenvalue weighted by molar-refractivity contribution is 6.31. The molecule has 84 valence electrons. The molecule has 16 heavy (non-hydrogen) atoms. The van der Waals surface area contributed by atoms with E-state index >= 15 is 0 Å². The van der Waals surface area contributed by atoms with Gasteiger partial charge >= 0.3 is 0 Å². The summed E-state index contributed by atoms with van der Waals surface area (Å²) in [7, 11) is 1.82. The molecule has 0 spiro atoms. The fraction of sp³-hybridized carbons (Fsp3) is 0.182. The number of halogens is 2. The van der Waals surface area contributed by atoms with E-state index in [2.05, 4.69) is 15.3 Å². The van der Waals surface area contributed by atoms with E-state index in [1.54, 1.807) is 12.1 Å². The predicted octanol–water partition coefficient (Wildman–Crippen LogP) is 2.59. The molecule has 2 N–H and O–H groups in total. The minimum Gasteiger partial charge on any atom is -0.331 e. The zero-order valence-electron chi connectivity index (χ0n) is 8.72. The summed E-state index contributed by atoms with van der Waals surface area (Å²) in [6, 6.07) is 6.20. The maximum Gasteiger partial charge on any atom is 0.134 e. The molecule has 1 aromatic heterocycles. The van der Waals surface area contributed by atoms with Gasteiger partial charge in [0.2, 0.25) is 0 Å². The number of hydrogen-bond acceptors (Lipinski definition) is 2. The quantitative estimate of drug-likeness (QED) is 0.865. The van der Waals surface area contributed by atoms with Crippen LogP contribution in [0.25, 0.3) is 11.3 Å². The van der Waals surface area contributed by atoms with Crippen LogP contribution >= 0.6 is 11.6 Å². The predicted molar refractivity (Wildman–Crippen MR) is 61.8 cm³/mol. The number of benzene rings is 1. The molecular weight excluding hydrogens is 229 g/mol. The average molecular weight is 240 g/mol. The molecule has 1 heterocycles. The van der Waals surface area contributed by atoms with Gasteiger partial charge in [0, 0.05) is 5.56 Å². The van der Waals surface area contributed by atoms with Crippen molar-refractivity contribution in [1.82, 2.24) is 15.3 Å². The molecule has 0 unspecified atom stereocenters. The van der Waals surface area contributed by atoms with Crippen molar-refractivity contribution in [3.05, 3.63) is 41.1 Å². The fourth-order valence-electron chi connectivity index (χ4n) is 1.48. The zero-order valence-corrected chi connectivity index (χ0v) is 9.48. The van der Waals surface area contributed by atoms with Crippen LogP contribution in [0.2, 0.25) is 5.15 Å². The third kappa shape index (κ3) is 2.23. The van der Waals surface area contributed by atoms with Crippen LogP contribution in [0.5, 0.6) is 0 Å². The molecule has 3 nitrogen and oxygen atoms in total. The minimum atomic E-state index is -0.299. The topological polar surface area (TPSA) is 40.7 Å². The van der Waals surface area contributed by atoms with Crippen LogP contribution in [0, 0.1) is 5.82 Å². The van der Waals surface area contributed by atoms with Gasteiger partial charge in [-0.05, 0) is 19.2 Å². The highest BCUT2D eigenvalue weighted by Gasteiger charge is 2.10. The Hall–Kier alpha value is -1.39. The van der Waals surface area contributed by atoms with E-state index in [9.17, 15) is 4.39 Å². The van der Waals surface area contributed by atoms with Crippen molar-refractivity contribution >= 4 is 11.6 Å². The lowest BCUT2D eigenvalue weighted by Crippen LogP contribution is -2.06. The van der Waals surface area contributed by atoms with E-state index in [0.29, 0.717) is 23.0 Å². The van der Waals surface area contributed by atoms with Crippen LogP contribution in [0.15, 0.2) is 24.3 Å². The summed E-state index contributed by atoms with van der Waals surface area (Å²) in [5, 5.41) is 3.39. The lowest BCUT2D eigenvalue weighted by Gasteiger charge is -1.97. The Morgan fingerprint density at radius 3 is 3.00 bits per heavy atom. The molecule has 0 bridgehead atoms. The van der Waals surface area contributed by atoms with Gasteiger partial charge in [-0.2, -0.15) is 0 Å². The summed E-state index contributed by atoms with van der Waals surface area (Å²) < 4.78 is 13.0. The Morgan fingerprint density at radius 2 is 2.31 bits per heavy atom. The fourth-order valence-corrected chi connectivity index (χ4v) is 1.74. The number of nitrogens with zero attached hydrogens (tertiary/aromatic N) is 1. The van der Waals surface area contributed by atoms with Gasteiger partial charge in [-0.15, -0.1) is 0 Å². The third-order valence-corrected chi connectivity index (χ3v) is 2.42. The molecule has 0 amide bonds. The van der Waals surface area contributed by atoms with Crippen LogP contribution < -0.4 is 5.32 Å². The molecule has 0 saturated heterocycles. The summed E-state index contributed by atoms with van der Waals surface area (Å²) in [6.45, 7) is 0.592. The first-order chi connectivity index (χ1) is 7.70. The standard InChI is InChI=1S/C11H11ClFN3/c1-14-6-9-15-10(11(12)16-9)7-3-2-4-8(13)5-7/h2-5,14H,6H2,1H3,(H,15,16). The molecule has 0 radical (unpaired) electrons. The first kappa shape index (κ1) is 11.1. The summed E-state index contributed by atoms with van der Waals surface area (Å²) in [6.07, 6.45) is 0. The molecule has 0 aliphatic carbocycles. The number of hydrogen-bond donors (Lipinski definition) is 2. The van der Waals surface area contributed by atoms with E-state index in [0.717, 1.165) is 5.82 Å².